The number of nitro groups is 1. The van der Waals surface area contributed by atoms with Gasteiger partial charge in [-0.2, -0.15) is 0 Å². The van der Waals surface area contributed by atoms with E-state index in [4.69, 9.17) is 0 Å². The van der Waals surface area contributed by atoms with E-state index in [-0.39, 0.29) is 34.5 Å². The van der Waals surface area contributed by atoms with Gasteiger partial charge < -0.3 is 5.32 Å². The molecule has 9 nitrogen and oxygen atoms in total. The molecule has 32 heavy (non-hydrogen) atoms. The van der Waals surface area contributed by atoms with Crippen molar-refractivity contribution < 1.29 is 9.31 Å². The highest BCUT2D eigenvalue weighted by Crippen LogP contribution is 2.28. The molecular weight excluding hydrogens is 417 g/mol. The molecule has 0 spiro atoms. The van der Waals surface area contributed by atoms with E-state index in [9.17, 15) is 24.1 Å². The zero-order valence-electron chi connectivity index (χ0n) is 17.2. The van der Waals surface area contributed by atoms with Crippen molar-refractivity contribution >= 4 is 28.1 Å². The fourth-order valence-electron chi connectivity index (χ4n) is 3.50. The molecule has 0 aliphatic heterocycles. The highest BCUT2D eigenvalue weighted by Gasteiger charge is 2.19. The number of anilines is 2. The summed E-state index contributed by atoms with van der Waals surface area (Å²) in [6.45, 7) is 1.78. The number of non-ortho nitro benzene ring substituents is 1. The van der Waals surface area contributed by atoms with Crippen molar-refractivity contribution in [3.05, 3.63) is 103 Å². The third-order valence-corrected chi connectivity index (χ3v) is 5.20. The minimum absolute atomic E-state index is 0.105. The zero-order valence-corrected chi connectivity index (χ0v) is 17.2. The van der Waals surface area contributed by atoms with Crippen LogP contribution in [0.2, 0.25) is 0 Å². The first-order valence-corrected chi connectivity index (χ1v) is 9.61. The standard InChI is InChI=1S/C22H18FN5O4/c1-13-19(25-17-9-8-15(28(31)32)10-16(17)23)18-20(26(2)21(13)29)24-12-27(22(18)30)11-14-6-4-3-5-7-14/h3-10,12,25H,11H2,1-2H3. The molecule has 0 saturated carbocycles. The van der Waals surface area contributed by atoms with E-state index in [0.29, 0.717) is 0 Å². The molecule has 0 radical (unpaired) electrons. The van der Waals surface area contributed by atoms with Gasteiger partial charge in [-0.25, -0.2) is 9.37 Å². The molecule has 0 atom stereocenters. The van der Waals surface area contributed by atoms with E-state index >= 15 is 0 Å². The average Bonchev–Trinajstić information content (AvgIpc) is 2.78. The van der Waals surface area contributed by atoms with Gasteiger partial charge in [-0.3, -0.25) is 28.8 Å². The predicted octanol–water partition coefficient (Wildman–Crippen LogP) is 3.24. The maximum Gasteiger partial charge on any atom is 0.272 e. The molecule has 0 amide bonds. The van der Waals surface area contributed by atoms with Gasteiger partial charge in [0.1, 0.15) is 11.7 Å². The van der Waals surface area contributed by atoms with Crippen molar-refractivity contribution in [2.45, 2.75) is 13.5 Å². The molecule has 2 aromatic carbocycles. The first-order chi connectivity index (χ1) is 15.3. The molecule has 0 aliphatic rings. The lowest BCUT2D eigenvalue weighted by molar-refractivity contribution is -0.385. The number of fused-ring (bicyclic) bond motifs is 1. The van der Waals surface area contributed by atoms with Crippen molar-refractivity contribution in [3.63, 3.8) is 0 Å². The monoisotopic (exact) mass is 435 g/mol. The van der Waals surface area contributed by atoms with Crippen LogP contribution >= 0.6 is 0 Å². The van der Waals surface area contributed by atoms with Crippen LogP contribution in [0, 0.1) is 22.9 Å². The average molecular weight is 435 g/mol. The molecule has 2 aromatic heterocycles. The number of aromatic nitrogens is 3. The lowest BCUT2D eigenvalue weighted by Crippen LogP contribution is -2.28. The van der Waals surface area contributed by atoms with Crippen molar-refractivity contribution in [2.75, 3.05) is 5.32 Å². The number of benzene rings is 2. The minimum Gasteiger partial charge on any atom is -0.352 e. The first-order valence-electron chi connectivity index (χ1n) is 9.61. The molecule has 0 fully saturated rings. The summed E-state index contributed by atoms with van der Waals surface area (Å²) < 4.78 is 17.2. The second-order valence-corrected chi connectivity index (χ2v) is 7.27. The van der Waals surface area contributed by atoms with Crippen LogP contribution in [0.15, 0.2) is 64.4 Å². The van der Waals surface area contributed by atoms with E-state index < -0.39 is 27.5 Å². The molecule has 2 heterocycles. The number of pyridine rings is 1. The molecule has 0 bridgehead atoms. The summed E-state index contributed by atoms with van der Waals surface area (Å²) in [5.41, 5.74) is -0.0215. The Hall–Kier alpha value is -4.34. The third kappa shape index (κ3) is 3.62. The highest BCUT2D eigenvalue weighted by atomic mass is 19.1. The van der Waals surface area contributed by atoms with Crippen LogP contribution in [0.5, 0.6) is 0 Å². The van der Waals surface area contributed by atoms with Crippen LogP contribution < -0.4 is 16.4 Å². The maximum atomic E-state index is 14.5. The van der Waals surface area contributed by atoms with Crippen molar-refractivity contribution in [3.8, 4) is 0 Å². The normalized spacial score (nSPS) is 11.0. The van der Waals surface area contributed by atoms with Crippen LogP contribution in [-0.2, 0) is 13.6 Å². The molecule has 0 unspecified atom stereocenters. The van der Waals surface area contributed by atoms with Crippen LogP contribution in [0.25, 0.3) is 11.0 Å². The van der Waals surface area contributed by atoms with Crippen molar-refractivity contribution in [2.24, 2.45) is 7.05 Å². The molecule has 4 rings (SSSR count). The van der Waals surface area contributed by atoms with Gasteiger partial charge in [-0.1, -0.05) is 30.3 Å². The molecule has 0 saturated heterocycles. The number of aryl methyl sites for hydroxylation is 1. The van der Waals surface area contributed by atoms with Gasteiger partial charge >= 0.3 is 0 Å². The SMILES string of the molecule is Cc1c(Nc2ccc([N+](=O)[O-])cc2F)c2c(=O)n(Cc3ccccc3)cnc2n(C)c1=O. The third-order valence-electron chi connectivity index (χ3n) is 5.20. The van der Waals surface area contributed by atoms with E-state index in [0.717, 1.165) is 17.7 Å². The van der Waals surface area contributed by atoms with E-state index in [1.165, 1.54) is 35.5 Å². The summed E-state index contributed by atoms with van der Waals surface area (Å²) in [7, 11) is 1.50. The Morgan fingerprint density at radius 1 is 1.12 bits per heavy atom. The summed E-state index contributed by atoms with van der Waals surface area (Å²) in [4.78, 5) is 40.6. The van der Waals surface area contributed by atoms with E-state index in [1.807, 2.05) is 30.3 Å². The minimum atomic E-state index is -0.888. The predicted molar refractivity (Wildman–Crippen MR) is 118 cm³/mol. The van der Waals surface area contributed by atoms with Gasteiger partial charge in [0.25, 0.3) is 16.8 Å². The summed E-state index contributed by atoms with van der Waals surface area (Å²) in [6, 6.07) is 12.4. The summed E-state index contributed by atoms with van der Waals surface area (Å²) in [5, 5.41) is 13.8. The molecular formula is C22H18FN5O4. The van der Waals surface area contributed by atoms with Crippen LogP contribution in [-0.4, -0.2) is 19.0 Å². The van der Waals surface area contributed by atoms with Gasteiger partial charge in [0, 0.05) is 18.7 Å². The second kappa shape index (κ2) is 8.06. The molecule has 4 aromatic rings. The van der Waals surface area contributed by atoms with Crippen LogP contribution in [0.3, 0.4) is 0 Å². The summed E-state index contributed by atoms with van der Waals surface area (Å²) in [6.07, 6.45) is 1.36. The lowest BCUT2D eigenvalue weighted by atomic mass is 10.1. The highest BCUT2D eigenvalue weighted by molar-refractivity contribution is 5.92. The number of nitrogens with zero attached hydrogens (tertiary/aromatic N) is 4. The Morgan fingerprint density at radius 3 is 2.50 bits per heavy atom. The molecule has 0 aliphatic carbocycles. The second-order valence-electron chi connectivity index (χ2n) is 7.27. The molecule has 162 valence electrons. The fraction of sp³-hybridized carbons (Fsp3) is 0.136. The number of hydrogen-bond acceptors (Lipinski definition) is 6. The van der Waals surface area contributed by atoms with Crippen LogP contribution in [0.4, 0.5) is 21.5 Å². The van der Waals surface area contributed by atoms with E-state index in [2.05, 4.69) is 10.3 Å². The molecule has 10 heteroatoms. The number of nitrogens with one attached hydrogen (secondary N) is 1. The van der Waals surface area contributed by atoms with E-state index in [1.54, 1.807) is 0 Å². The van der Waals surface area contributed by atoms with Gasteiger partial charge in [0.2, 0.25) is 0 Å². The Kier molecular flexibility index (Phi) is 5.27. The Bertz CT molecular complexity index is 1480. The van der Waals surface area contributed by atoms with Crippen LogP contribution in [0.1, 0.15) is 11.1 Å². The topological polar surface area (TPSA) is 112 Å². The van der Waals surface area contributed by atoms with Crippen molar-refractivity contribution in [1.29, 1.82) is 0 Å². The Morgan fingerprint density at radius 2 is 1.84 bits per heavy atom. The quantitative estimate of drug-likeness (QED) is 0.380. The zero-order chi connectivity index (χ0) is 23.0. The Labute approximate surface area is 180 Å². The van der Waals surface area contributed by atoms with Gasteiger partial charge in [-0.15, -0.1) is 0 Å². The fourth-order valence-corrected chi connectivity index (χ4v) is 3.50. The summed E-state index contributed by atoms with van der Waals surface area (Å²) >= 11 is 0. The number of rotatable bonds is 5. The first kappa shape index (κ1) is 20.9. The Balaban J connectivity index is 1.91. The summed E-state index contributed by atoms with van der Waals surface area (Å²) in [5.74, 6) is -0.888. The number of hydrogen-bond donors (Lipinski definition) is 1. The van der Waals surface area contributed by atoms with Crippen molar-refractivity contribution in [1.82, 2.24) is 14.1 Å². The largest absolute Gasteiger partial charge is 0.352 e. The maximum absolute atomic E-state index is 14.5. The number of nitro benzene ring substituents is 1. The van der Waals surface area contributed by atoms with Gasteiger partial charge in [0.05, 0.1) is 28.9 Å². The molecule has 1 N–H and O–H groups in total. The van der Waals surface area contributed by atoms with Gasteiger partial charge in [-0.05, 0) is 18.6 Å². The number of halogens is 1. The lowest BCUT2D eigenvalue weighted by Gasteiger charge is -2.16. The van der Waals surface area contributed by atoms with Gasteiger partial charge in [0.15, 0.2) is 11.5 Å². The smallest absolute Gasteiger partial charge is 0.272 e.